The van der Waals surface area contributed by atoms with Crippen molar-refractivity contribution in [1.82, 2.24) is 0 Å². The fraction of sp³-hybridized carbons (Fsp3) is 0.833. The Balaban J connectivity index is 2.83. The second-order valence-electron chi connectivity index (χ2n) is 1.89. The van der Waals surface area contributed by atoms with Crippen molar-refractivity contribution in [1.29, 1.82) is 0 Å². The summed E-state index contributed by atoms with van der Waals surface area (Å²) in [6, 6.07) is 0. The van der Waals surface area contributed by atoms with Gasteiger partial charge in [-0.2, -0.15) is 0 Å². The van der Waals surface area contributed by atoms with Crippen LogP contribution in [-0.4, -0.2) is 10.4 Å². The Labute approximate surface area is 69.7 Å². The van der Waals surface area contributed by atoms with E-state index in [1.165, 1.54) is 0 Å². The largest absolute Gasteiger partial charge is 0.288 e. The molecule has 0 aliphatic rings. The summed E-state index contributed by atoms with van der Waals surface area (Å²) in [5, 5.41) is 1.04. The van der Waals surface area contributed by atoms with Crippen molar-refractivity contribution in [3.05, 3.63) is 0 Å². The number of hydrogen-bond donors (Lipinski definition) is 1. The van der Waals surface area contributed by atoms with Crippen LogP contribution in [0.2, 0.25) is 0 Å². The molecule has 0 fully saturated rings. The molecule has 54 valence electrons. The first-order valence-corrected chi connectivity index (χ1v) is 4.62. The number of unbranched alkanes of at least 4 members (excludes halogenated alkanes) is 2. The minimum absolute atomic E-state index is 0.00423. The van der Waals surface area contributed by atoms with Gasteiger partial charge in [-0.1, -0.05) is 22.4 Å². The summed E-state index contributed by atoms with van der Waals surface area (Å²) in [6.45, 7) is 0. The standard InChI is InChI=1S/C6H11BrOS/c7-5-3-1-2-4-6(8)9/h1-5H2,(H,8,9). The van der Waals surface area contributed by atoms with Gasteiger partial charge >= 0.3 is 0 Å². The number of rotatable bonds is 5. The van der Waals surface area contributed by atoms with Gasteiger partial charge in [-0.15, -0.1) is 12.6 Å². The van der Waals surface area contributed by atoms with Crippen LogP contribution >= 0.6 is 28.6 Å². The Kier molecular flexibility index (Phi) is 6.99. The Hall–Kier alpha value is 0.500. The van der Waals surface area contributed by atoms with Gasteiger partial charge in [0.1, 0.15) is 0 Å². The predicted molar refractivity (Wildman–Crippen MR) is 46.3 cm³/mol. The fourth-order valence-electron chi connectivity index (χ4n) is 0.547. The van der Waals surface area contributed by atoms with Gasteiger partial charge in [-0.25, -0.2) is 0 Å². The van der Waals surface area contributed by atoms with E-state index >= 15 is 0 Å². The van der Waals surface area contributed by atoms with E-state index in [9.17, 15) is 4.79 Å². The van der Waals surface area contributed by atoms with E-state index < -0.39 is 0 Å². The number of thiol groups is 1. The summed E-state index contributed by atoms with van der Waals surface area (Å²) in [7, 11) is 0. The first-order valence-electron chi connectivity index (χ1n) is 3.05. The molecule has 9 heavy (non-hydrogen) atoms. The van der Waals surface area contributed by atoms with Gasteiger partial charge in [-0.05, 0) is 12.8 Å². The number of carbonyl (C=O) groups excluding carboxylic acids is 1. The second-order valence-corrected chi connectivity index (χ2v) is 3.19. The molecule has 1 nitrogen and oxygen atoms in total. The molecule has 0 saturated heterocycles. The number of halogens is 1. The predicted octanol–water partition coefficient (Wildman–Crippen LogP) is 2.40. The molecule has 0 N–H and O–H groups in total. The van der Waals surface area contributed by atoms with E-state index in [0.717, 1.165) is 24.6 Å². The first-order chi connectivity index (χ1) is 4.27. The molecule has 0 aromatic carbocycles. The van der Waals surface area contributed by atoms with E-state index in [2.05, 4.69) is 28.6 Å². The van der Waals surface area contributed by atoms with Crippen LogP contribution in [0.5, 0.6) is 0 Å². The van der Waals surface area contributed by atoms with E-state index in [1.54, 1.807) is 0 Å². The molecule has 0 aromatic rings. The minimum Gasteiger partial charge on any atom is -0.288 e. The molecule has 0 aliphatic heterocycles. The van der Waals surface area contributed by atoms with Crippen LogP contribution in [0, 0.1) is 0 Å². The lowest BCUT2D eigenvalue weighted by molar-refractivity contribution is -0.110. The monoisotopic (exact) mass is 210 g/mol. The third kappa shape index (κ3) is 8.50. The Bertz CT molecular complexity index is 85.1. The highest BCUT2D eigenvalue weighted by Crippen LogP contribution is 2.03. The van der Waals surface area contributed by atoms with E-state index in [1.807, 2.05) is 0 Å². The number of carbonyl (C=O) groups is 1. The SMILES string of the molecule is O=C(S)CCCCCBr. The first kappa shape index (κ1) is 9.50. The van der Waals surface area contributed by atoms with Crippen LogP contribution in [0.15, 0.2) is 0 Å². The number of hydrogen-bond acceptors (Lipinski definition) is 1. The van der Waals surface area contributed by atoms with Gasteiger partial charge in [0.25, 0.3) is 0 Å². The summed E-state index contributed by atoms with van der Waals surface area (Å²) >= 11 is 6.96. The van der Waals surface area contributed by atoms with Crippen molar-refractivity contribution in [2.75, 3.05) is 5.33 Å². The Morgan fingerprint density at radius 3 is 2.44 bits per heavy atom. The molecule has 0 radical (unpaired) electrons. The maximum atomic E-state index is 10.3. The van der Waals surface area contributed by atoms with E-state index in [-0.39, 0.29) is 5.12 Å². The van der Waals surface area contributed by atoms with Crippen LogP contribution in [0.25, 0.3) is 0 Å². The molecule has 0 aliphatic carbocycles. The summed E-state index contributed by atoms with van der Waals surface area (Å²) in [5.41, 5.74) is 0. The topological polar surface area (TPSA) is 17.1 Å². The van der Waals surface area contributed by atoms with Crippen molar-refractivity contribution in [2.24, 2.45) is 0 Å². The second kappa shape index (κ2) is 6.62. The van der Waals surface area contributed by atoms with Gasteiger partial charge in [-0.3, -0.25) is 4.79 Å². The van der Waals surface area contributed by atoms with Crippen molar-refractivity contribution >= 4 is 33.7 Å². The molecular weight excluding hydrogens is 200 g/mol. The molecule has 0 bridgehead atoms. The van der Waals surface area contributed by atoms with Crippen molar-refractivity contribution in [3.63, 3.8) is 0 Å². The molecule has 0 atom stereocenters. The average Bonchev–Trinajstić information content (AvgIpc) is 1.80. The lowest BCUT2D eigenvalue weighted by Crippen LogP contribution is -1.85. The third-order valence-corrected chi connectivity index (χ3v) is 1.81. The summed E-state index contributed by atoms with van der Waals surface area (Å²) in [4.78, 5) is 10.3. The lowest BCUT2D eigenvalue weighted by atomic mass is 10.2. The fourth-order valence-corrected chi connectivity index (χ4v) is 1.10. The maximum absolute atomic E-state index is 10.3. The molecule has 0 aromatic heterocycles. The highest BCUT2D eigenvalue weighted by Gasteiger charge is 1.92. The zero-order valence-electron chi connectivity index (χ0n) is 5.27. The van der Waals surface area contributed by atoms with Crippen molar-refractivity contribution in [3.8, 4) is 0 Å². The quantitative estimate of drug-likeness (QED) is 0.419. The molecule has 0 rings (SSSR count). The van der Waals surface area contributed by atoms with Crippen LogP contribution in [0.1, 0.15) is 25.7 Å². The Morgan fingerprint density at radius 1 is 1.33 bits per heavy atom. The molecule has 0 amide bonds. The van der Waals surface area contributed by atoms with E-state index in [4.69, 9.17) is 0 Å². The molecular formula is C6H11BrOS. The van der Waals surface area contributed by atoms with Crippen LogP contribution in [0.4, 0.5) is 0 Å². The molecule has 3 heteroatoms. The van der Waals surface area contributed by atoms with Gasteiger partial charge in [0.05, 0.1) is 0 Å². The zero-order chi connectivity index (χ0) is 7.11. The zero-order valence-corrected chi connectivity index (χ0v) is 7.75. The molecule has 0 heterocycles. The molecule has 0 unspecified atom stereocenters. The minimum atomic E-state index is 0.00423. The van der Waals surface area contributed by atoms with Gasteiger partial charge < -0.3 is 0 Å². The number of alkyl halides is 1. The smallest absolute Gasteiger partial charge is 0.185 e. The van der Waals surface area contributed by atoms with Crippen molar-refractivity contribution < 1.29 is 4.79 Å². The Morgan fingerprint density at radius 2 is 2.00 bits per heavy atom. The lowest BCUT2D eigenvalue weighted by Gasteiger charge is -1.92. The summed E-state index contributed by atoms with van der Waals surface area (Å²) in [5.74, 6) is 0. The normalized spacial score (nSPS) is 9.56. The maximum Gasteiger partial charge on any atom is 0.185 e. The summed E-state index contributed by atoms with van der Waals surface area (Å²) < 4.78 is 0. The van der Waals surface area contributed by atoms with Crippen molar-refractivity contribution in [2.45, 2.75) is 25.7 Å². The van der Waals surface area contributed by atoms with Gasteiger partial charge in [0, 0.05) is 11.8 Å². The molecule has 0 spiro atoms. The highest BCUT2D eigenvalue weighted by atomic mass is 79.9. The van der Waals surface area contributed by atoms with E-state index in [0.29, 0.717) is 6.42 Å². The van der Waals surface area contributed by atoms with Gasteiger partial charge in [0.15, 0.2) is 5.12 Å². The highest BCUT2D eigenvalue weighted by molar-refractivity contribution is 9.09. The van der Waals surface area contributed by atoms with Crippen LogP contribution < -0.4 is 0 Å². The van der Waals surface area contributed by atoms with Gasteiger partial charge in [0.2, 0.25) is 0 Å². The van der Waals surface area contributed by atoms with Crippen LogP contribution in [-0.2, 0) is 4.79 Å². The average molecular weight is 211 g/mol. The summed E-state index contributed by atoms with van der Waals surface area (Å²) in [6.07, 6.45) is 3.88. The third-order valence-electron chi connectivity index (χ3n) is 1.02. The molecule has 0 saturated carbocycles. The van der Waals surface area contributed by atoms with Crippen LogP contribution in [0.3, 0.4) is 0 Å².